The Bertz CT molecular complexity index is 1090. The van der Waals surface area contributed by atoms with Crippen LogP contribution in [0.5, 0.6) is 0 Å². The molecule has 162 valence electrons. The Hall–Kier alpha value is -3.77. The number of nitrogens with zero attached hydrogens (tertiary/aromatic N) is 5. The van der Waals surface area contributed by atoms with E-state index in [-0.39, 0.29) is 18.2 Å². The van der Waals surface area contributed by atoms with Crippen molar-refractivity contribution in [2.24, 2.45) is 0 Å². The maximum Gasteiger partial charge on any atom is 0.416 e. The normalized spacial score (nSPS) is 12.8. The molecule has 0 aliphatic rings. The van der Waals surface area contributed by atoms with Crippen molar-refractivity contribution in [1.29, 1.82) is 0 Å². The van der Waals surface area contributed by atoms with Gasteiger partial charge in [-0.25, -0.2) is 24.4 Å². The van der Waals surface area contributed by atoms with Crippen molar-refractivity contribution in [2.75, 3.05) is 0 Å². The monoisotopic (exact) mass is 443 g/mol. The van der Waals surface area contributed by atoms with Crippen molar-refractivity contribution < 1.29 is 36.2 Å². The van der Waals surface area contributed by atoms with Gasteiger partial charge in [-0.2, -0.15) is 31.4 Å². The number of carbonyl (C=O) groups is 1. The number of aromatic nitrogens is 5. The van der Waals surface area contributed by atoms with E-state index in [9.17, 15) is 31.1 Å². The van der Waals surface area contributed by atoms with Gasteiger partial charge in [0.15, 0.2) is 5.82 Å². The average Bonchev–Trinajstić information content (AvgIpc) is 3.15. The quantitative estimate of drug-likeness (QED) is 0.474. The zero-order valence-corrected chi connectivity index (χ0v) is 15.2. The summed E-state index contributed by atoms with van der Waals surface area (Å²) in [7, 11) is 0. The van der Waals surface area contributed by atoms with Crippen molar-refractivity contribution in [3.8, 4) is 11.4 Å². The first-order valence-corrected chi connectivity index (χ1v) is 8.31. The zero-order valence-electron chi connectivity index (χ0n) is 15.2. The first-order valence-electron chi connectivity index (χ1n) is 8.31. The molecule has 0 spiro atoms. The van der Waals surface area contributed by atoms with E-state index in [1.165, 1.54) is 18.7 Å². The Kier molecular flexibility index (Phi) is 5.77. The standard InChI is InChI=1S/C18H11F6N5O2/c19-17(20,21)13-1-10(2-14(4-13)18(22,23)24)16-27-9-29(28-16)7-11(3-15(30)31)12-5-25-8-26-6-12/h1-6,8-9H,7H2,(H,30,31). The number of aliphatic carboxylic acids is 1. The van der Waals surface area contributed by atoms with Gasteiger partial charge in [0.1, 0.15) is 12.7 Å². The summed E-state index contributed by atoms with van der Waals surface area (Å²) in [6.45, 7) is -0.197. The second-order valence-electron chi connectivity index (χ2n) is 6.20. The smallest absolute Gasteiger partial charge is 0.416 e. The van der Waals surface area contributed by atoms with Crippen molar-refractivity contribution in [1.82, 2.24) is 24.7 Å². The number of carboxylic acid groups (broad SMARTS) is 1. The van der Waals surface area contributed by atoms with E-state index in [1.807, 2.05) is 0 Å². The molecule has 13 heteroatoms. The molecule has 0 amide bonds. The third-order valence-corrected chi connectivity index (χ3v) is 3.94. The molecule has 3 rings (SSSR count). The first-order chi connectivity index (χ1) is 14.4. The zero-order chi connectivity index (χ0) is 22.8. The van der Waals surface area contributed by atoms with Gasteiger partial charge in [0.25, 0.3) is 0 Å². The Balaban J connectivity index is 1.99. The van der Waals surface area contributed by atoms with E-state index in [1.54, 1.807) is 0 Å². The number of hydrogen-bond donors (Lipinski definition) is 1. The van der Waals surface area contributed by atoms with Crippen LogP contribution in [0.4, 0.5) is 26.3 Å². The summed E-state index contributed by atoms with van der Waals surface area (Å²) in [5.74, 6) is -1.68. The third kappa shape index (κ3) is 5.43. The van der Waals surface area contributed by atoms with E-state index in [4.69, 9.17) is 5.11 Å². The SMILES string of the molecule is O=C(O)C=C(Cn1cnc(-c2cc(C(F)(F)F)cc(C(F)(F)F)c2)n1)c1cncnc1. The minimum absolute atomic E-state index is 0.00357. The molecule has 2 aromatic heterocycles. The number of halogens is 6. The van der Waals surface area contributed by atoms with Gasteiger partial charge in [0.05, 0.1) is 17.7 Å². The van der Waals surface area contributed by atoms with Crippen molar-refractivity contribution in [3.63, 3.8) is 0 Å². The summed E-state index contributed by atoms with van der Waals surface area (Å²) in [6.07, 6.45) is -4.22. The lowest BCUT2D eigenvalue weighted by Crippen LogP contribution is -2.11. The largest absolute Gasteiger partial charge is 0.478 e. The molecule has 0 unspecified atom stereocenters. The van der Waals surface area contributed by atoms with Gasteiger partial charge < -0.3 is 5.11 Å². The van der Waals surface area contributed by atoms with Gasteiger partial charge >= 0.3 is 18.3 Å². The van der Waals surface area contributed by atoms with E-state index >= 15 is 0 Å². The van der Waals surface area contributed by atoms with Gasteiger partial charge in [-0.1, -0.05) is 0 Å². The molecule has 0 aliphatic heterocycles. The molecule has 0 bridgehead atoms. The van der Waals surface area contributed by atoms with Gasteiger partial charge in [-0.05, 0) is 23.8 Å². The summed E-state index contributed by atoms with van der Waals surface area (Å²) in [5.41, 5.74) is -2.97. The molecule has 2 heterocycles. The lowest BCUT2D eigenvalue weighted by Gasteiger charge is -2.13. The molecule has 0 fully saturated rings. The first kappa shape index (κ1) is 21.9. The summed E-state index contributed by atoms with van der Waals surface area (Å²) in [5, 5.41) is 12.9. The van der Waals surface area contributed by atoms with E-state index in [2.05, 4.69) is 20.1 Å². The molecular weight excluding hydrogens is 432 g/mol. The second-order valence-corrected chi connectivity index (χ2v) is 6.20. The average molecular weight is 443 g/mol. The van der Waals surface area contributed by atoms with Gasteiger partial charge in [0, 0.05) is 29.6 Å². The summed E-state index contributed by atoms with van der Waals surface area (Å²) in [4.78, 5) is 22.4. The maximum absolute atomic E-state index is 13.0. The second kappa shape index (κ2) is 8.16. The van der Waals surface area contributed by atoms with Crippen molar-refractivity contribution in [3.05, 3.63) is 66.0 Å². The maximum atomic E-state index is 13.0. The fraction of sp³-hybridized carbons (Fsp3) is 0.167. The Morgan fingerprint density at radius 2 is 1.58 bits per heavy atom. The van der Waals surface area contributed by atoms with Crippen LogP contribution in [0, 0.1) is 0 Å². The fourth-order valence-electron chi connectivity index (χ4n) is 2.60. The van der Waals surface area contributed by atoms with Crippen LogP contribution in [0.3, 0.4) is 0 Å². The number of rotatable bonds is 5. The van der Waals surface area contributed by atoms with Crippen LogP contribution >= 0.6 is 0 Å². The molecule has 0 radical (unpaired) electrons. The van der Waals surface area contributed by atoms with E-state index in [0.29, 0.717) is 17.7 Å². The Morgan fingerprint density at radius 1 is 1.00 bits per heavy atom. The summed E-state index contributed by atoms with van der Waals surface area (Å²) in [6, 6.07) is 1.02. The summed E-state index contributed by atoms with van der Waals surface area (Å²) < 4.78 is 79.4. The van der Waals surface area contributed by atoms with E-state index in [0.717, 1.165) is 17.1 Å². The van der Waals surface area contributed by atoms with Gasteiger partial charge in [-0.3, -0.25) is 0 Å². The molecule has 31 heavy (non-hydrogen) atoms. The number of allylic oxidation sites excluding steroid dienone is 1. The minimum Gasteiger partial charge on any atom is -0.478 e. The summed E-state index contributed by atoms with van der Waals surface area (Å²) >= 11 is 0. The lowest BCUT2D eigenvalue weighted by atomic mass is 10.0. The fourth-order valence-corrected chi connectivity index (χ4v) is 2.60. The number of hydrogen-bond acceptors (Lipinski definition) is 5. The van der Waals surface area contributed by atoms with Crippen LogP contribution in [-0.2, 0) is 23.7 Å². The molecule has 1 N–H and O–H groups in total. The van der Waals surface area contributed by atoms with E-state index < -0.39 is 40.8 Å². The number of carboxylic acids is 1. The van der Waals surface area contributed by atoms with Crippen LogP contribution in [0.15, 0.2) is 49.3 Å². The Labute approximate surface area is 169 Å². The molecule has 0 saturated heterocycles. The number of benzene rings is 1. The van der Waals surface area contributed by atoms with Gasteiger partial charge in [0.2, 0.25) is 0 Å². The molecule has 3 aromatic rings. The molecular formula is C18H11F6N5O2. The van der Waals surface area contributed by atoms with Crippen LogP contribution in [0.25, 0.3) is 17.0 Å². The van der Waals surface area contributed by atoms with Crippen molar-refractivity contribution >= 4 is 11.5 Å². The minimum atomic E-state index is -5.01. The highest BCUT2D eigenvalue weighted by molar-refractivity contribution is 5.89. The molecule has 0 atom stereocenters. The van der Waals surface area contributed by atoms with Crippen LogP contribution in [0.2, 0.25) is 0 Å². The highest BCUT2D eigenvalue weighted by atomic mass is 19.4. The topological polar surface area (TPSA) is 93.8 Å². The predicted octanol–water partition coefficient (Wildman–Crippen LogP) is 3.94. The Morgan fingerprint density at radius 3 is 2.10 bits per heavy atom. The van der Waals surface area contributed by atoms with Crippen LogP contribution in [-0.4, -0.2) is 35.8 Å². The van der Waals surface area contributed by atoms with Crippen LogP contribution < -0.4 is 0 Å². The van der Waals surface area contributed by atoms with Crippen molar-refractivity contribution in [2.45, 2.75) is 18.9 Å². The molecule has 7 nitrogen and oxygen atoms in total. The highest BCUT2D eigenvalue weighted by Crippen LogP contribution is 2.38. The third-order valence-electron chi connectivity index (χ3n) is 3.94. The molecule has 1 aromatic carbocycles. The van der Waals surface area contributed by atoms with Gasteiger partial charge in [-0.15, -0.1) is 0 Å². The predicted molar refractivity (Wildman–Crippen MR) is 93.1 cm³/mol. The lowest BCUT2D eigenvalue weighted by molar-refractivity contribution is -0.143. The number of alkyl halides is 6. The van der Waals surface area contributed by atoms with Crippen LogP contribution in [0.1, 0.15) is 16.7 Å². The molecule has 0 aliphatic carbocycles. The molecule has 0 saturated carbocycles. The highest BCUT2D eigenvalue weighted by Gasteiger charge is 2.37.